The third-order valence-corrected chi connectivity index (χ3v) is 5.69. The number of hydrogen-bond donors (Lipinski definition) is 2. The van der Waals surface area contributed by atoms with Gasteiger partial charge in [-0.05, 0) is 24.6 Å². The van der Waals surface area contributed by atoms with E-state index in [1.807, 2.05) is 0 Å². The lowest BCUT2D eigenvalue weighted by molar-refractivity contribution is -0.0170. The van der Waals surface area contributed by atoms with Gasteiger partial charge in [0.15, 0.2) is 10.9 Å². The fourth-order valence-electron chi connectivity index (χ4n) is 3.34. The van der Waals surface area contributed by atoms with Crippen LogP contribution in [0.1, 0.15) is 22.5 Å². The molecule has 2 aliphatic heterocycles. The maximum absolute atomic E-state index is 14.7. The molecule has 28 heavy (non-hydrogen) atoms. The highest BCUT2D eigenvalue weighted by Gasteiger charge is 2.49. The van der Waals surface area contributed by atoms with E-state index >= 15 is 0 Å². The number of thioether (sulfide) groups is 1. The average molecular weight is 403 g/mol. The van der Waals surface area contributed by atoms with Gasteiger partial charge in [0, 0.05) is 22.9 Å². The summed E-state index contributed by atoms with van der Waals surface area (Å²) in [5.74, 6) is 0.0775. The van der Waals surface area contributed by atoms with Crippen LogP contribution in [0.2, 0.25) is 0 Å². The van der Waals surface area contributed by atoms with Crippen LogP contribution in [0.15, 0.2) is 35.6 Å². The third kappa shape index (κ3) is 3.29. The van der Waals surface area contributed by atoms with Crippen molar-refractivity contribution in [3.8, 4) is 5.88 Å². The molecule has 1 amide bonds. The zero-order valence-electron chi connectivity index (χ0n) is 15.0. The van der Waals surface area contributed by atoms with Crippen LogP contribution < -0.4 is 15.8 Å². The minimum atomic E-state index is -1.15. The molecule has 8 nitrogen and oxygen atoms in total. The molecule has 3 heterocycles. The first kappa shape index (κ1) is 18.6. The second kappa shape index (κ2) is 7.36. The molecule has 146 valence electrons. The number of nitrogens with one attached hydrogen (secondary N) is 1. The zero-order valence-corrected chi connectivity index (χ0v) is 15.8. The van der Waals surface area contributed by atoms with Crippen LogP contribution in [-0.2, 0) is 10.5 Å². The number of aromatic nitrogens is 2. The van der Waals surface area contributed by atoms with Crippen molar-refractivity contribution in [1.29, 1.82) is 0 Å². The molecule has 4 rings (SSSR count). The normalized spacial score (nSPS) is 23.6. The second-order valence-electron chi connectivity index (χ2n) is 6.38. The Morgan fingerprint density at radius 1 is 1.43 bits per heavy atom. The Hall–Kier alpha value is -2.72. The summed E-state index contributed by atoms with van der Waals surface area (Å²) in [5.41, 5.74) is 5.51. The lowest BCUT2D eigenvalue weighted by Crippen LogP contribution is -2.38. The van der Waals surface area contributed by atoms with Crippen LogP contribution in [0.3, 0.4) is 0 Å². The molecule has 2 aliphatic rings. The predicted molar refractivity (Wildman–Crippen MR) is 103 cm³/mol. The second-order valence-corrected chi connectivity index (χ2v) is 7.42. The molecule has 0 spiro atoms. The quantitative estimate of drug-likeness (QED) is 0.804. The molecule has 0 radical (unpaired) electrons. The minimum Gasteiger partial charge on any atom is -0.480 e. The van der Waals surface area contributed by atoms with Gasteiger partial charge in [0.2, 0.25) is 5.88 Å². The van der Waals surface area contributed by atoms with E-state index in [0.717, 1.165) is 6.42 Å². The number of carbonyl (C=O) groups is 1. The molecule has 0 unspecified atom stereocenters. The van der Waals surface area contributed by atoms with Crippen LogP contribution in [0.4, 0.5) is 10.1 Å². The van der Waals surface area contributed by atoms with Gasteiger partial charge in [-0.1, -0.05) is 11.8 Å². The van der Waals surface area contributed by atoms with Gasteiger partial charge in [0.05, 0.1) is 26.1 Å². The summed E-state index contributed by atoms with van der Waals surface area (Å²) < 4.78 is 25.5. The Morgan fingerprint density at radius 2 is 2.29 bits per heavy atom. The number of anilines is 1. The highest BCUT2D eigenvalue weighted by molar-refractivity contribution is 8.13. The molecule has 0 bridgehead atoms. The summed E-state index contributed by atoms with van der Waals surface area (Å²) in [7, 11) is 1.46. The molecule has 3 N–H and O–H groups in total. The van der Waals surface area contributed by atoms with Gasteiger partial charge >= 0.3 is 0 Å². The van der Waals surface area contributed by atoms with Crippen molar-refractivity contribution in [2.45, 2.75) is 12.1 Å². The van der Waals surface area contributed by atoms with Gasteiger partial charge in [-0.3, -0.25) is 4.79 Å². The number of nitrogens with zero attached hydrogens (tertiary/aromatic N) is 3. The highest BCUT2D eigenvalue weighted by Crippen LogP contribution is 2.48. The number of benzene rings is 1. The summed E-state index contributed by atoms with van der Waals surface area (Å²) in [4.78, 5) is 24.8. The Morgan fingerprint density at radius 3 is 3.04 bits per heavy atom. The number of halogens is 1. The number of hydrogen-bond acceptors (Lipinski definition) is 8. The van der Waals surface area contributed by atoms with E-state index in [1.54, 1.807) is 0 Å². The van der Waals surface area contributed by atoms with Gasteiger partial charge in [-0.15, -0.1) is 0 Å². The number of fused-ring (bicyclic) bond motifs is 1. The predicted octanol–water partition coefficient (Wildman–Crippen LogP) is 2.13. The minimum absolute atomic E-state index is 0.0118. The molecule has 0 aliphatic carbocycles. The van der Waals surface area contributed by atoms with E-state index in [9.17, 15) is 9.18 Å². The van der Waals surface area contributed by atoms with Crippen molar-refractivity contribution in [3.63, 3.8) is 0 Å². The topological polar surface area (TPSA) is 112 Å². The van der Waals surface area contributed by atoms with Gasteiger partial charge < -0.3 is 20.5 Å². The van der Waals surface area contributed by atoms with E-state index in [4.69, 9.17) is 15.2 Å². The van der Waals surface area contributed by atoms with Crippen molar-refractivity contribution in [3.05, 3.63) is 47.7 Å². The van der Waals surface area contributed by atoms with Crippen LogP contribution in [-0.4, -0.2) is 40.5 Å². The van der Waals surface area contributed by atoms with Crippen LogP contribution in [0.5, 0.6) is 5.88 Å². The fourth-order valence-corrected chi connectivity index (χ4v) is 4.31. The third-order valence-electron chi connectivity index (χ3n) is 4.73. The Labute approximate surface area is 164 Å². The van der Waals surface area contributed by atoms with E-state index in [1.165, 1.54) is 49.5 Å². The fraction of sp³-hybridized carbons (Fsp3) is 0.333. The van der Waals surface area contributed by atoms with Crippen molar-refractivity contribution in [2.75, 3.05) is 24.8 Å². The van der Waals surface area contributed by atoms with Crippen molar-refractivity contribution < 1.29 is 18.7 Å². The SMILES string of the molecule is COc1cnc(C(=O)Nc2ccc(F)c([C@@]34N=C(N)SC[C@@H]3CCO4)c2)cn1. The molecule has 1 aromatic heterocycles. The van der Waals surface area contributed by atoms with Gasteiger partial charge in [-0.2, -0.15) is 0 Å². The molecule has 1 fully saturated rings. The van der Waals surface area contributed by atoms with Crippen LogP contribution in [0.25, 0.3) is 0 Å². The van der Waals surface area contributed by atoms with E-state index in [2.05, 4.69) is 20.3 Å². The monoisotopic (exact) mass is 403 g/mol. The molecular weight excluding hydrogens is 385 g/mol. The molecule has 1 aromatic carbocycles. The number of amides is 1. The lowest BCUT2D eigenvalue weighted by atomic mass is 9.89. The van der Waals surface area contributed by atoms with Crippen LogP contribution in [0, 0.1) is 11.7 Å². The van der Waals surface area contributed by atoms with Gasteiger partial charge in [0.25, 0.3) is 5.91 Å². The smallest absolute Gasteiger partial charge is 0.275 e. The average Bonchev–Trinajstić information content (AvgIpc) is 3.13. The number of ether oxygens (including phenoxy) is 2. The summed E-state index contributed by atoms with van der Waals surface area (Å²) in [6.45, 7) is 0.472. The summed E-state index contributed by atoms with van der Waals surface area (Å²) in [5, 5.41) is 3.06. The molecule has 0 saturated carbocycles. The van der Waals surface area contributed by atoms with E-state index < -0.39 is 17.4 Å². The van der Waals surface area contributed by atoms with Gasteiger partial charge in [0.1, 0.15) is 11.5 Å². The molecule has 2 aromatic rings. The first-order valence-electron chi connectivity index (χ1n) is 8.61. The maximum atomic E-state index is 14.7. The summed E-state index contributed by atoms with van der Waals surface area (Å²) in [6.07, 6.45) is 3.41. The highest BCUT2D eigenvalue weighted by atomic mass is 32.2. The van der Waals surface area contributed by atoms with E-state index in [-0.39, 0.29) is 17.2 Å². The Balaban J connectivity index is 1.64. The van der Waals surface area contributed by atoms with Crippen molar-refractivity contribution in [2.24, 2.45) is 16.6 Å². The number of nitrogens with two attached hydrogens (primary N) is 1. The number of rotatable bonds is 4. The number of methoxy groups -OCH3 is 1. The Bertz CT molecular complexity index is 939. The maximum Gasteiger partial charge on any atom is 0.275 e. The van der Waals surface area contributed by atoms with Crippen molar-refractivity contribution in [1.82, 2.24) is 9.97 Å². The Kier molecular flexibility index (Phi) is 4.90. The molecule has 10 heteroatoms. The van der Waals surface area contributed by atoms with Gasteiger partial charge in [-0.25, -0.2) is 19.4 Å². The largest absolute Gasteiger partial charge is 0.480 e. The number of carbonyl (C=O) groups excluding carboxylic acids is 1. The molecule has 2 atom stereocenters. The zero-order chi connectivity index (χ0) is 19.7. The van der Waals surface area contributed by atoms with E-state index in [0.29, 0.717) is 29.1 Å². The molecular formula is C18H18FN5O3S. The first-order valence-corrected chi connectivity index (χ1v) is 9.60. The number of aliphatic imine (C=N–C) groups is 1. The first-order chi connectivity index (χ1) is 13.5. The standard InChI is InChI=1S/C18H18FN5O3S/c1-26-15-8-21-14(7-22-15)16(25)23-11-2-3-13(19)12(6-11)18-10(4-5-27-18)9-28-17(20)24-18/h2-3,6-8,10H,4-5,9H2,1H3,(H2,20,24)(H,23,25)/t10-,18+/m0/s1. The van der Waals surface area contributed by atoms with Crippen molar-refractivity contribution >= 4 is 28.5 Å². The summed E-state index contributed by atoms with van der Waals surface area (Å²) >= 11 is 1.44. The summed E-state index contributed by atoms with van der Waals surface area (Å²) in [6, 6.07) is 4.29. The lowest BCUT2D eigenvalue weighted by Gasteiger charge is -2.34. The van der Waals surface area contributed by atoms with Crippen LogP contribution >= 0.6 is 11.8 Å². The number of amidine groups is 1. The molecule has 1 saturated heterocycles.